The summed E-state index contributed by atoms with van der Waals surface area (Å²) >= 11 is 0. The van der Waals surface area contributed by atoms with Crippen LogP contribution in [0.4, 0.5) is 4.39 Å². The molecular formula is C10H22FN. The molecule has 0 bridgehead atoms. The van der Waals surface area contributed by atoms with Gasteiger partial charge in [0, 0.05) is 6.54 Å². The molecule has 0 aliphatic carbocycles. The van der Waals surface area contributed by atoms with Crippen LogP contribution in [-0.2, 0) is 0 Å². The fraction of sp³-hybridized carbons (Fsp3) is 1.00. The van der Waals surface area contributed by atoms with Crippen LogP contribution in [-0.4, -0.2) is 31.7 Å². The van der Waals surface area contributed by atoms with Crippen LogP contribution in [0.25, 0.3) is 0 Å². The lowest BCUT2D eigenvalue weighted by molar-refractivity contribution is 0.139. The molecular weight excluding hydrogens is 153 g/mol. The van der Waals surface area contributed by atoms with Crippen LogP contribution in [0, 0.1) is 11.8 Å². The molecule has 0 aromatic rings. The molecule has 0 amide bonds. The molecule has 2 heteroatoms. The monoisotopic (exact) mass is 175 g/mol. The van der Waals surface area contributed by atoms with Gasteiger partial charge >= 0.3 is 0 Å². The highest BCUT2D eigenvalue weighted by atomic mass is 19.1. The zero-order valence-electron chi connectivity index (χ0n) is 8.97. The fourth-order valence-electron chi connectivity index (χ4n) is 1.63. The maximum atomic E-state index is 13.5. The highest BCUT2D eigenvalue weighted by Gasteiger charge is 2.22. The van der Waals surface area contributed by atoms with E-state index in [2.05, 4.69) is 20.8 Å². The summed E-state index contributed by atoms with van der Waals surface area (Å²) in [7, 11) is 3.83. The summed E-state index contributed by atoms with van der Waals surface area (Å²) in [5, 5.41) is 0. The molecule has 1 nitrogen and oxygen atoms in total. The van der Waals surface area contributed by atoms with Gasteiger partial charge in [-0.2, -0.15) is 0 Å². The maximum absolute atomic E-state index is 13.5. The van der Waals surface area contributed by atoms with Crippen molar-refractivity contribution in [3.8, 4) is 0 Å². The van der Waals surface area contributed by atoms with Gasteiger partial charge in [0.05, 0.1) is 0 Å². The first-order chi connectivity index (χ1) is 5.49. The number of hydrogen-bond donors (Lipinski definition) is 0. The Morgan fingerprint density at radius 1 is 1.25 bits per heavy atom. The number of rotatable bonds is 5. The van der Waals surface area contributed by atoms with Gasteiger partial charge in [0.15, 0.2) is 0 Å². The van der Waals surface area contributed by atoms with E-state index in [1.165, 1.54) is 0 Å². The first kappa shape index (κ1) is 11.9. The van der Waals surface area contributed by atoms with Crippen molar-refractivity contribution in [1.29, 1.82) is 0 Å². The van der Waals surface area contributed by atoms with Crippen LogP contribution in [0.3, 0.4) is 0 Å². The second kappa shape index (κ2) is 5.52. The zero-order valence-corrected chi connectivity index (χ0v) is 8.97. The number of hydrogen-bond acceptors (Lipinski definition) is 1. The minimum absolute atomic E-state index is 0.215. The number of alkyl halides is 1. The average molecular weight is 175 g/mol. The largest absolute Gasteiger partial charge is 0.307 e. The van der Waals surface area contributed by atoms with Crippen molar-refractivity contribution in [3.63, 3.8) is 0 Å². The number of halogens is 1. The smallest absolute Gasteiger partial charge is 0.116 e. The molecule has 0 radical (unpaired) electrons. The molecule has 2 unspecified atom stereocenters. The van der Waals surface area contributed by atoms with E-state index >= 15 is 0 Å². The third-order valence-corrected chi connectivity index (χ3v) is 2.33. The van der Waals surface area contributed by atoms with E-state index in [0.717, 1.165) is 6.42 Å². The van der Waals surface area contributed by atoms with Crippen molar-refractivity contribution >= 4 is 0 Å². The van der Waals surface area contributed by atoms with Crippen molar-refractivity contribution < 1.29 is 4.39 Å². The first-order valence-corrected chi connectivity index (χ1v) is 4.77. The van der Waals surface area contributed by atoms with Gasteiger partial charge < -0.3 is 4.90 Å². The van der Waals surface area contributed by atoms with Gasteiger partial charge in [-0.1, -0.05) is 27.2 Å². The third kappa shape index (κ3) is 4.05. The molecule has 0 saturated heterocycles. The Bertz CT molecular complexity index is 112. The van der Waals surface area contributed by atoms with E-state index in [0.29, 0.717) is 12.5 Å². The van der Waals surface area contributed by atoms with Gasteiger partial charge in [0.1, 0.15) is 6.17 Å². The molecule has 0 aliphatic rings. The van der Waals surface area contributed by atoms with E-state index in [-0.39, 0.29) is 5.92 Å². The lowest BCUT2D eigenvalue weighted by Crippen LogP contribution is -2.31. The molecule has 0 aromatic heterocycles. The van der Waals surface area contributed by atoms with E-state index in [1.54, 1.807) is 0 Å². The van der Waals surface area contributed by atoms with Gasteiger partial charge in [-0.15, -0.1) is 0 Å². The quantitative estimate of drug-likeness (QED) is 0.620. The van der Waals surface area contributed by atoms with Crippen molar-refractivity contribution in [2.75, 3.05) is 20.6 Å². The maximum Gasteiger partial charge on any atom is 0.116 e. The molecule has 0 spiro atoms. The Morgan fingerprint density at radius 2 is 1.75 bits per heavy atom. The molecule has 0 aliphatic heterocycles. The van der Waals surface area contributed by atoms with Crippen LogP contribution >= 0.6 is 0 Å². The Morgan fingerprint density at radius 3 is 2.00 bits per heavy atom. The second-order valence-electron chi connectivity index (χ2n) is 4.09. The van der Waals surface area contributed by atoms with Gasteiger partial charge in [0.25, 0.3) is 0 Å². The topological polar surface area (TPSA) is 3.24 Å². The Balaban J connectivity index is 3.94. The molecule has 0 N–H and O–H groups in total. The van der Waals surface area contributed by atoms with Crippen molar-refractivity contribution in [2.24, 2.45) is 11.8 Å². The zero-order chi connectivity index (χ0) is 9.72. The van der Waals surface area contributed by atoms with Gasteiger partial charge in [-0.3, -0.25) is 0 Å². The van der Waals surface area contributed by atoms with E-state index < -0.39 is 6.17 Å². The fourth-order valence-corrected chi connectivity index (χ4v) is 1.63. The molecule has 0 rings (SSSR count). The van der Waals surface area contributed by atoms with Crippen LogP contribution in [0.1, 0.15) is 27.2 Å². The summed E-state index contributed by atoms with van der Waals surface area (Å²) in [6.45, 7) is 6.80. The van der Waals surface area contributed by atoms with E-state index in [4.69, 9.17) is 0 Å². The van der Waals surface area contributed by atoms with Crippen LogP contribution in [0.15, 0.2) is 0 Å². The predicted octanol–water partition coefficient (Wildman–Crippen LogP) is 2.57. The highest BCUT2D eigenvalue weighted by Crippen LogP contribution is 2.21. The van der Waals surface area contributed by atoms with Crippen LogP contribution in [0.2, 0.25) is 0 Å². The standard InChI is InChI=1S/C10H22FN/c1-6-9(8(2)3)10(11)7-12(4)5/h8-10H,6-7H2,1-5H3. The van der Waals surface area contributed by atoms with Gasteiger partial charge in [0.2, 0.25) is 0 Å². The SMILES string of the molecule is CCC(C(C)C)C(F)CN(C)C. The summed E-state index contributed by atoms with van der Waals surface area (Å²) in [6.07, 6.45) is 0.261. The minimum atomic E-state index is -0.676. The summed E-state index contributed by atoms with van der Waals surface area (Å²) < 4.78 is 13.5. The lowest BCUT2D eigenvalue weighted by atomic mass is 9.88. The van der Waals surface area contributed by atoms with Crippen LogP contribution < -0.4 is 0 Å². The van der Waals surface area contributed by atoms with Crippen molar-refractivity contribution in [2.45, 2.75) is 33.4 Å². The van der Waals surface area contributed by atoms with Gasteiger partial charge in [-0.05, 0) is 25.9 Å². The molecule has 12 heavy (non-hydrogen) atoms. The third-order valence-electron chi connectivity index (χ3n) is 2.33. The summed E-state index contributed by atoms with van der Waals surface area (Å²) in [5.41, 5.74) is 0. The van der Waals surface area contributed by atoms with E-state index in [1.807, 2.05) is 19.0 Å². The summed E-state index contributed by atoms with van der Waals surface area (Å²) in [4.78, 5) is 1.91. The predicted molar refractivity (Wildman–Crippen MR) is 52.1 cm³/mol. The summed E-state index contributed by atoms with van der Waals surface area (Å²) in [5.74, 6) is 0.664. The van der Waals surface area contributed by atoms with Crippen LogP contribution in [0.5, 0.6) is 0 Å². The normalized spacial score (nSPS) is 17.0. The lowest BCUT2D eigenvalue weighted by Gasteiger charge is -2.25. The molecule has 0 aromatic carbocycles. The molecule has 0 heterocycles. The summed E-state index contributed by atoms with van der Waals surface area (Å²) in [6, 6.07) is 0. The van der Waals surface area contributed by atoms with E-state index in [9.17, 15) is 4.39 Å². The Kier molecular flexibility index (Phi) is 5.47. The second-order valence-corrected chi connectivity index (χ2v) is 4.09. The van der Waals surface area contributed by atoms with Crippen molar-refractivity contribution in [3.05, 3.63) is 0 Å². The average Bonchev–Trinajstić information content (AvgIpc) is 1.85. The Hall–Kier alpha value is -0.110. The first-order valence-electron chi connectivity index (χ1n) is 4.77. The molecule has 0 saturated carbocycles. The minimum Gasteiger partial charge on any atom is -0.307 e. The highest BCUT2D eigenvalue weighted by molar-refractivity contribution is 4.72. The van der Waals surface area contributed by atoms with Gasteiger partial charge in [-0.25, -0.2) is 4.39 Å². The Labute approximate surface area is 75.9 Å². The molecule has 2 atom stereocenters. The van der Waals surface area contributed by atoms with Crippen molar-refractivity contribution in [1.82, 2.24) is 4.90 Å². The molecule has 74 valence electrons. The molecule has 0 fully saturated rings. The number of nitrogens with zero attached hydrogens (tertiary/aromatic N) is 1.